The van der Waals surface area contributed by atoms with Crippen molar-refractivity contribution in [3.05, 3.63) is 52.4 Å². The summed E-state index contributed by atoms with van der Waals surface area (Å²) in [5, 5.41) is 7.62. The molecule has 0 aliphatic carbocycles. The maximum absolute atomic E-state index is 12.5. The molecular formula is C17H17N3O5S2. The van der Waals surface area contributed by atoms with Gasteiger partial charge in [0, 0.05) is 17.1 Å². The van der Waals surface area contributed by atoms with Gasteiger partial charge in [0.2, 0.25) is 0 Å². The molecule has 10 heteroatoms. The Labute approximate surface area is 160 Å². The van der Waals surface area contributed by atoms with Gasteiger partial charge in [-0.2, -0.15) is 0 Å². The van der Waals surface area contributed by atoms with Gasteiger partial charge in [0.25, 0.3) is 15.9 Å². The number of ether oxygens (including phenoxy) is 1. The number of aromatic nitrogens is 1. The molecule has 0 aliphatic rings. The lowest BCUT2D eigenvalue weighted by Crippen LogP contribution is -2.13. The number of hydrogen-bond acceptors (Lipinski definition) is 7. The first kappa shape index (κ1) is 18.9. The lowest BCUT2D eigenvalue weighted by molar-refractivity contribution is 0.102. The van der Waals surface area contributed by atoms with Crippen LogP contribution in [0.25, 0.3) is 0 Å². The normalized spacial score (nSPS) is 11.2. The van der Waals surface area contributed by atoms with Gasteiger partial charge in [-0.15, -0.1) is 11.3 Å². The van der Waals surface area contributed by atoms with Crippen LogP contribution in [0.5, 0.6) is 5.75 Å². The number of nitrogens with one attached hydrogen (secondary N) is 2. The van der Waals surface area contributed by atoms with Gasteiger partial charge in [0.05, 0.1) is 16.4 Å². The third kappa shape index (κ3) is 4.66. The van der Waals surface area contributed by atoms with Gasteiger partial charge in [0.1, 0.15) is 11.5 Å². The van der Waals surface area contributed by atoms with Crippen molar-refractivity contribution < 1.29 is 22.5 Å². The van der Waals surface area contributed by atoms with Crippen LogP contribution in [0.3, 0.4) is 0 Å². The number of carbonyl (C=O) groups excluding carboxylic acids is 1. The van der Waals surface area contributed by atoms with E-state index in [0.29, 0.717) is 23.8 Å². The molecule has 27 heavy (non-hydrogen) atoms. The van der Waals surface area contributed by atoms with E-state index in [1.807, 2.05) is 6.92 Å². The van der Waals surface area contributed by atoms with E-state index in [1.165, 1.54) is 11.4 Å². The lowest BCUT2D eigenvalue weighted by atomic mass is 10.3. The molecule has 0 radical (unpaired) electrons. The van der Waals surface area contributed by atoms with E-state index in [2.05, 4.69) is 15.2 Å². The second kappa shape index (κ2) is 7.80. The van der Waals surface area contributed by atoms with Crippen molar-refractivity contribution in [3.63, 3.8) is 0 Å². The van der Waals surface area contributed by atoms with E-state index >= 15 is 0 Å². The predicted molar refractivity (Wildman–Crippen MR) is 102 cm³/mol. The first-order valence-electron chi connectivity index (χ1n) is 7.96. The zero-order valence-corrected chi connectivity index (χ0v) is 16.2. The first-order chi connectivity index (χ1) is 12.9. The van der Waals surface area contributed by atoms with Crippen molar-refractivity contribution >= 4 is 38.8 Å². The summed E-state index contributed by atoms with van der Waals surface area (Å²) in [6.45, 7) is 4.09. The maximum atomic E-state index is 12.5. The van der Waals surface area contributed by atoms with Gasteiger partial charge in [-0.25, -0.2) is 8.42 Å². The van der Waals surface area contributed by atoms with E-state index in [0.717, 1.165) is 11.3 Å². The Bertz CT molecular complexity index is 1040. The Morgan fingerprint density at radius 1 is 1.26 bits per heavy atom. The highest BCUT2D eigenvalue weighted by Crippen LogP contribution is 2.24. The summed E-state index contributed by atoms with van der Waals surface area (Å²) >= 11 is 1.02. The monoisotopic (exact) mass is 407 g/mol. The molecule has 0 unspecified atom stereocenters. The average molecular weight is 407 g/mol. The number of aryl methyl sites for hydroxylation is 1. The molecule has 1 aromatic carbocycles. The number of anilines is 2. The molecule has 2 aromatic heterocycles. The molecular weight excluding hydrogens is 390 g/mol. The molecule has 3 aromatic rings. The minimum Gasteiger partial charge on any atom is -0.494 e. The number of thiophene rings is 1. The van der Waals surface area contributed by atoms with E-state index in [4.69, 9.17) is 9.26 Å². The SMILES string of the molecule is CCOc1ccc(NS(=O)(=O)c2csc(C(=O)Nc3cc(C)on3)c2)cc1. The van der Waals surface area contributed by atoms with Crippen LogP contribution < -0.4 is 14.8 Å². The first-order valence-corrected chi connectivity index (χ1v) is 10.3. The predicted octanol–water partition coefficient (Wildman–Crippen LogP) is 3.50. The third-order valence-electron chi connectivity index (χ3n) is 3.40. The molecule has 0 atom stereocenters. The quantitative estimate of drug-likeness (QED) is 0.620. The van der Waals surface area contributed by atoms with Gasteiger partial charge in [-0.3, -0.25) is 9.52 Å². The zero-order valence-electron chi connectivity index (χ0n) is 14.6. The summed E-state index contributed by atoms with van der Waals surface area (Å²) in [7, 11) is -3.81. The Hall–Kier alpha value is -2.85. The number of carbonyl (C=O) groups is 1. The van der Waals surface area contributed by atoms with E-state index in [1.54, 1.807) is 37.3 Å². The molecule has 2 heterocycles. The summed E-state index contributed by atoms with van der Waals surface area (Å²) in [5.74, 6) is 1.01. The standard InChI is InChI=1S/C17H17N3O5S2/c1-3-24-13-6-4-12(5-7-13)20-27(22,23)14-9-15(26-10-14)17(21)18-16-8-11(2)25-19-16/h4-10,20H,3H2,1-2H3,(H,18,19,21). The van der Waals surface area contributed by atoms with Gasteiger partial charge in [0.15, 0.2) is 5.82 Å². The molecule has 0 saturated heterocycles. The van der Waals surface area contributed by atoms with Crippen molar-refractivity contribution in [3.8, 4) is 5.75 Å². The fourth-order valence-corrected chi connectivity index (χ4v) is 4.41. The van der Waals surface area contributed by atoms with E-state index in [9.17, 15) is 13.2 Å². The fourth-order valence-electron chi connectivity index (χ4n) is 2.18. The number of hydrogen-bond donors (Lipinski definition) is 2. The minimum atomic E-state index is -3.81. The summed E-state index contributed by atoms with van der Waals surface area (Å²) in [6.07, 6.45) is 0. The molecule has 2 N–H and O–H groups in total. The highest BCUT2D eigenvalue weighted by molar-refractivity contribution is 7.92. The minimum absolute atomic E-state index is 0.00266. The summed E-state index contributed by atoms with van der Waals surface area (Å²) in [4.78, 5) is 12.5. The fraction of sp³-hybridized carbons (Fsp3) is 0.176. The number of benzene rings is 1. The van der Waals surface area contributed by atoms with Gasteiger partial charge >= 0.3 is 0 Å². The van der Waals surface area contributed by atoms with Crippen LogP contribution in [0.2, 0.25) is 0 Å². The Balaban J connectivity index is 1.71. The van der Waals surface area contributed by atoms with Crippen molar-refractivity contribution in [1.82, 2.24) is 5.16 Å². The Morgan fingerprint density at radius 3 is 2.63 bits per heavy atom. The third-order valence-corrected chi connectivity index (χ3v) is 5.84. The van der Waals surface area contributed by atoms with Crippen molar-refractivity contribution in [2.24, 2.45) is 0 Å². The van der Waals surface area contributed by atoms with Crippen molar-refractivity contribution in [2.45, 2.75) is 18.7 Å². The topological polar surface area (TPSA) is 111 Å². The smallest absolute Gasteiger partial charge is 0.267 e. The highest BCUT2D eigenvalue weighted by atomic mass is 32.2. The average Bonchev–Trinajstić information content (AvgIpc) is 3.26. The van der Waals surface area contributed by atoms with Crippen LogP contribution >= 0.6 is 11.3 Å². The zero-order chi connectivity index (χ0) is 19.4. The summed E-state index contributed by atoms with van der Waals surface area (Å²) in [6, 6.07) is 9.44. The van der Waals surface area contributed by atoms with Crippen LogP contribution in [0, 0.1) is 6.92 Å². The number of nitrogens with zero attached hydrogens (tertiary/aromatic N) is 1. The molecule has 1 amide bonds. The molecule has 142 valence electrons. The van der Waals surface area contributed by atoms with Crippen LogP contribution in [-0.4, -0.2) is 26.1 Å². The molecule has 0 bridgehead atoms. The maximum Gasteiger partial charge on any atom is 0.267 e. The van der Waals surface area contributed by atoms with Crippen molar-refractivity contribution in [2.75, 3.05) is 16.6 Å². The number of rotatable bonds is 7. The second-order valence-corrected chi connectivity index (χ2v) is 8.08. The highest BCUT2D eigenvalue weighted by Gasteiger charge is 2.19. The molecule has 0 spiro atoms. The van der Waals surface area contributed by atoms with Gasteiger partial charge in [-0.1, -0.05) is 5.16 Å². The van der Waals surface area contributed by atoms with E-state index in [-0.39, 0.29) is 15.6 Å². The van der Waals surface area contributed by atoms with Crippen LogP contribution in [-0.2, 0) is 10.0 Å². The lowest BCUT2D eigenvalue weighted by Gasteiger charge is -2.08. The molecule has 0 saturated carbocycles. The number of sulfonamides is 1. The summed E-state index contributed by atoms with van der Waals surface area (Å²) in [5.41, 5.74) is 0.397. The van der Waals surface area contributed by atoms with Crippen LogP contribution in [0.4, 0.5) is 11.5 Å². The molecule has 0 aliphatic heterocycles. The second-order valence-electron chi connectivity index (χ2n) is 5.49. The molecule has 8 nitrogen and oxygen atoms in total. The van der Waals surface area contributed by atoms with E-state index < -0.39 is 15.9 Å². The van der Waals surface area contributed by atoms with Gasteiger partial charge in [-0.05, 0) is 44.2 Å². The summed E-state index contributed by atoms with van der Waals surface area (Å²) < 4.78 is 37.7. The molecule has 3 rings (SSSR count). The van der Waals surface area contributed by atoms with Crippen LogP contribution in [0.1, 0.15) is 22.4 Å². The van der Waals surface area contributed by atoms with Crippen LogP contribution in [0.15, 0.2) is 51.2 Å². The largest absolute Gasteiger partial charge is 0.494 e. The number of amides is 1. The van der Waals surface area contributed by atoms with Crippen molar-refractivity contribution in [1.29, 1.82) is 0 Å². The molecule has 0 fully saturated rings. The Morgan fingerprint density at radius 2 is 2.00 bits per heavy atom. The Kier molecular flexibility index (Phi) is 5.47. The van der Waals surface area contributed by atoms with Gasteiger partial charge < -0.3 is 14.6 Å².